The van der Waals surface area contributed by atoms with Gasteiger partial charge in [-0.05, 0) is 43.7 Å². The summed E-state index contributed by atoms with van der Waals surface area (Å²) in [5.74, 6) is 1.30. The van der Waals surface area contributed by atoms with E-state index in [1.165, 1.54) is 0 Å². The molecule has 0 saturated carbocycles. The monoisotopic (exact) mass is 345 g/mol. The first kappa shape index (κ1) is 15.6. The van der Waals surface area contributed by atoms with Gasteiger partial charge >= 0.3 is 0 Å². The van der Waals surface area contributed by atoms with Crippen LogP contribution in [-0.4, -0.2) is 5.11 Å². The third kappa shape index (κ3) is 4.07. The lowest BCUT2D eigenvalue weighted by molar-refractivity contribution is 0.0472. The summed E-state index contributed by atoms with van der Waals surface area (Å²) in [5, 5.41) is 19.3. The first-order valence-electron chi connectivity index (χ1n) is 6.65. The average molecular weight is 346 g/mol. The van der Waals surface area contributed by atoms with Crippen LogP contribution in [0.15, 0.2) is 53.0 Å². The van der Waals surface area contributed by atoms with Gasteiger partial charge in [0.1, 0.15) is 11.5 Å². The number of para-hydroxylation sites is 1. The number of rotatable bonds is 5. The highest BCUT2D eigenvalue weighted by Crippen LogP contribution is 2.35. The van der Waals surface area contributed by atoms with E-state index in [4.69, 9.17) is 10.00 Å². The van der Waals surface area contributed by atoms with Crippen molar-refractivity contribution in [2.45, 2.75) is 25.4 Å². The van der Waals surface area contributed by atoms with Crippen molar-refractivity contribution in [2.75, 3.05) is 0 Å². The third-order valence-electron chi connectivity index (χ3n) is 3.23. The number of benzene rings is 2. The van der Waals surface area contributed by atoms with Gasteiger partial charge in [0.05, 0.1) is 11.7 Å². The molecule has 0 heterocycles. The molecule has 0 amide bonds. The van der Waals surface area contributed by atoms with E-state index in [0.29, 0.717) is 29.9 Å². The lowest BCUT2D eigenvalue weighted by Crippen LogP contribution is -2.21. The Labute approximate surface area is 132 Å². The molecule has 0 bridgehead atoms. The number of hydrogen-bond acceptors (Lipinski definition) is 3. The zero-order valence-corrected chi connectivity index (χ0v) is 13.3. The van der Waals surface area contributed by atoms with Crippen LogP contribution in [0.5, 0.6) is 11.5 Å². The van der Waals surface area contributed by atoms with Crippen LogP contribution < -0.4 is 4.74 Å². The van der Waals surface area contributed by atoms with Crippen molar-refractivity contribution in [1.82, 2.24) is 0 Å². The lowest BCUT2D eigenvalue weighted by atomic mass is 9.90. The summed E-state index contributed by atoms with van der Waals surface area (Å²) in [6, 6.07) is 16.9. The van der Waals surface area contributed by atoms with Crippen LogP contribution in [0.3, 0.4) is 0 Å². The fourth-order valence-electron chi connectivity index (χ4n) is 2.06. The molecule has 1 unspecified atom stereocenters. The van der Waals surface area contributed by atoms with E-state index in [1.807, 2.05) is 48.5 Å². The minimum absolute atomic E-state index is 0.291. The number of nitriles is 1. The number of hydrogen-bond donors (Lipinski definition) is 1. The van der Waals surface area contributed by atoms with Gasteiger partial charge in [0.25, 0.3) is 0 Å². The number of aliphatic hydroxyl groups is 1. The molecular formula is C17H16BrNO2. The summed E-state index contributed by atoms with van der Waals surface area (Å²) in [5.41, 5.74) is -0.412. The predicted molar refractivity (Wildman–Crippen MR) is 85.1 cm³/mol. The largest absolute Gasteiger partial charge is 0.457 e. The van der Waals surface area contributed by atoms with Gasteiger partial charge in [-0.2, -0.15) is 5.26 Å². The van der Waals surface area contributed by atoms with Gasteiger partial charge in [-0.15, -0.1) is 0 Å². The predicted octanol–water partition coefficient (Wildman–Crippen LogP) is 4.75. The average Bonchev–Trinajstić information content (AvgIpc) is 2.48. The van der Waals surface area contributed by atoms with Crippen molar-refractivity contribution in [3.8, 4) is 17.6 Å². The van der Waals surface area contributed by atoms with Crippen molar-refractivity contribution in [3.63, 3.8) is 0 Å². The van der Waals surface area contributed by atoms with Crippen molar-refractivity contribution in [3.05, 3.63) is 58.6 Å². The van der Waals surface area contributed by atoms with Crippen LogP contribution in [0.25, 0.3) is 0 Å². The standard InChI is InChI=1S/C17H16BrNO2/c1-17(20,11-4-12-19)15-5-2-3-6-16(15)21-14-9-7-13(18)8-10-14/h2-3,5-10,20H,4,11H2,1H3. The SMILES string of the molecule is CC(O)(CCC#N)c1ccccc1Oc1ccc(Br)cc1. The van der Waals surface area contributed by atoms with E-state index in [-0.39, 0.29) is 0 Å². The van der Waals surface area contributed by atoms with E-state index >= 15 is 0 Å². The lowest BCUT2D eigenvalue weighted by Gasteiger charge is -2.25. The Kier molecular flexibility index (Phi) is 5.00. The van der Waals surface area contributed by atoms with Gasteiger partial charge < -0.3 is 9.84 Å². The topological polar surface area (TPSA) is 53.2 Å². The summed E-state index contributed by atoms with van der Waals surface area (Å²) in [6.45, 7) is 1.70. The van der Waals surface area contributed by atoms with E-state index in [1.54, 1.807) is 6.92 Å². The van der Waals surface area contributed by atoms with Gasteiger partial charge in [0.2, 0.25) is 0 Å². The van der Waals surface area contributed by atoms with Crippen LogP contribution in [0, 0.1) is 11.3 Å². The number of halogens is 1. The molecule has 0 saturated heterocycles. The molecule has 0 fully saturated rings. The first-order valence-corrected chi connectivity index (χ1v) is 7.44. The Morgan fingerprint density at radius 2 is 1.86 bits per heavy atom. The van der Waals surface area contributed by atoms with E-state index < -0.39 is 5.60 Å². The van der Waals surface area contributed by atoms with Crippen molar-refractivity contribution < 1.29 is 9.84 Å². The second kappa shape index (κ2) is 6.75. The fourth-order valence-corrected chi connectivity index (χ4v) is 2.33. The molecule has 21 heavy (non-hydrogen) atoms. The highest BCUT2D eigenvalue weighted by Gasteiger charge is 2.26. The number of nitrogens with zero attached hydrogens (tertiary/aromatic N) is 1. The summed E-state index contributed by atoms with van der Waals surface area (Å²) in [6.07, 6.45) is 0.657. The molecule has 0 aromatic heterocycles. The zero-order chi connectivity index (χ0) is 15.3. The van der Waals surface area contributed by atoms with Gasteiger partial charge in [0, 0.05) is 16.5 Å². The van der Waals surface area contributed by atoms with E-state index in [2.05, 4.69) is 22.0 Å². The van der Waals surface area contributed by atoms with Crippen LogP contribution in [0.1, 0.15) is 25.3 Å². The maximum Gasteiger partial charge on any atom is 0.133 e. The molecule has 1 atom stereocenters. The van der Waals surface area contributed by atoms with Gasteiger partial charge in [-0.1, -0.05) is 34.1 Å². The van der Waals surface area contributed by atoms with Crippen molar-refractivity contribution in [1.29, 1.82) is 5.26 Å². The second-order valence-corrected chi connectivity index (χ2v) is 5.90. The maximum absolute atomic E-state index is 10.6. The molecule has 0 aliphatic heterocycles. The Balaban J connectivity index is 2.28. The van der Waals surface area contributed by atoms with E-state index in [9.17, 15) is 5.11 Å². The summed E-state index contributed by atoms with van der Waals surface area (Å²) in [7, 11) is 0. The van der Waals surface area contributed by atoms with Gasteiger partial charge in [0.15, 0.2) is 0 Å². The van der Waals surface area contributed by atoms with Gasteiger partial charge in [-0.25, -0.2) is 0 Å². The van der Waals surface area contributed by atoms with Crippen molar-refractivity contribution >= 4 is 15.9 Å². The van der Waals surface area contributed by atoms with Crippen molar-refractivity contribution in [2.24, 2.45) is 0 Å². The molecule has 3 nitrogen and oxygen atoms in total. The molecular weight excluding hydrogens is 330 g/mol. The summed E-state index contributed by atoms with van der Waals surface area (Å²) < 4.78 is 6.84. The molecule has 108 valence electrons. The van der Waals surface area contributed by atoms with Crippen LogP contribution >= 0.6 is 15.9 Å². The van der Waals surface area contributed by atoms with Crippen LogP contribution in [0.4, 0.5) is 0 Å². The van der Waals surface area contributed by atoms with Crippen LogP contribution in [-0.2, 0) is 5.60 Å². The fraction of sp³-hybridized carbons (Fsp3) is 0.235. The normalized spacial score (nSPS) is 13.2. The van der Waals surface area contributed by atoms with E-state index in [0.717, 1.165) is 4.47 Å². The molecule has 0 spiro atoms. The molecule has 1 N–H and O–H groups in total. The Morgan fingerprint density at radius 1 is 1.19 bits per heavy atom. The molecule has 2 rings (SSSR count). The quantitative estimate of drug-likeness (QED) is 0.850. The molecule has 2 aromatic carbocycles. The van der Waals surface area contributed by atoms with Gasteiger partial charge in [-0.3, -0.25) is 0 Å². The minimum Gasteiger partial charge on any atom is -0.457 e. The highest BCUT2D eigenvalue weighted by atomic mass is 79.9. The Morgan fingerprint density at radius 3 is 2.52 bits per heavy atom. The minimum atomic E-state index is -1.10. The highest BCUT2D eigenvalue weighted by molar-refractivity contribution is 9.10. The molecule has 4 heteroatoms. The first-order chi connectivity index (χ1) is 10.0. The summed E-state index contributed by atoms with van der Waals surface area (Å²) >= 11 is 3.38. The molecule has 0 aliphatic carbocycles. The third-order valence-corrected chi connectivity index (χ3v) is 3.76. The maximum atomic E-state index is 10.6. The smallest absolute Gasteiger partial charge is 0.133 e. The molecule has 0 radical (unpaired) electrons. The molecule has 0 aliphatic rings. The second-order valence-electron chi connectivity index (χ2n) is 4.98. The number of ether oxygens (including phenoxy) is 1. The zero-order valence-electron chi connectivity index (χ0n) is 11.7. The van der Waals surface area contributed by atoms with Crippen LogP contribution in [0.2, 0.25) is 0 Å². The Hall–Kier alpha value is -1.83. The Bertz CT molecular complexity index is 645. The molecule has 2 aromatic rings. The summed E-state index contributed by atoms with van der Waals surface area (Å²) in [4.78, 5) is 0.